The van der Waals surface area contributed by atoms with Crippen LogP contribution in [0, 0.1) is 6.92 Å². The average molecular weight is 357 g/mol. The van der Waals surface area contributed by atoms with E-state index in [2.05, 4.69) is 10.1 Å². The first-order chi connectivity index (χ1) is 13.2. The number of fused-ring (bicyclic) bond motifs is 1. The Kier molecular flexibility index (Phi) is 4.42. The third-order valence-corrected chi connectivity index (χ3v) is 4.43. The molecule has 134 valence electrons. The number of benzene rings is 2. The molecule has 0 saturated carbocycles. The maximum Gasteiger partial charge on any atom is 0.341 e. The first kappa shape index (κ1) is 17.0. The fourth-order valence-electron chi connectivity index (χ4n) is 3.10. The maximum absolute atomic E-state index is 12.5. The SMILES string of the molecule is CCOC(=O)c1cnc2c(-c3ccccc3)cnn2c1-c1ccc(C)cc1. The van der Waals surface area contributed by atoms with Gasteiger partial charge in [-0.25, -0.2) is 14.3 Å². The lowest BCUT2D eigenvalue weighted by atomic mass is 10.0. The Morgan fingerprint density at radius 1 is 1.00 bits per heavy atom. The zero-order valence-electron chi connectivity index (χ0n) is 15.2. The van der Waals surface area contributed by atoms with Gasteiger partial charge >= 0.3 is 5.97 Å². The van der Waals surface area contributed by atoms with Gasteiger partial charge < -0.3 is 4.74 Å². The number of nitrogens with zero attached hydrogens (tertiary/aromatic N) is 3. The molecule has 0 spiro atoms. The number of aromatic nitrogens is 3. The van der Waals surface area contributed by atoms with Crippen LogP contribution < -0.4 is 0 Å². The van der Waals surface area contributed by atoms with Crippen molar-refractivity contribution in [2.75, 3.05) is 6.61 Å². The van der Waals surface area contributed by atoms with E-state index in [1.165, 1.54) is 0 Å². The van der Waals surface area contributed by atoms with Crippen molar-refractivity contribution < 1.29 is 9.53 Å². The van der Waals surface area contributed by atoms with E-state index < -0.39 is 5.97 Å². The summed E-state index contributed by atoms with van der Waals surface area (Å²) in [6, 6.07) is 18.0. The van der Waals surface area contributed by atoms with Gasteiger partial charge in [-0.2, -0.15) is 5.10 Å². The number of ether oxygens (including phenoxy) is 1. The second-order valence-electron chi connectivity index (χ2n) is 6.27. The van der Waals surface area contributed by atoms with Crippen LogP contribution >= 0.6 is 0 Å². The van der Waals surface area contributed by atoms with Gasteiger partial charge in [0.2, 0.25) is 0 Å². The molecule has 5 nitrogen and oxygen atoms in total. The molecule has 4 aromatic rings. The van der Waals surface area contributed by atoms with Crippen molar-refractivity contribution in [2.24, 2.45) is 0 Å². The minimum Gasteiger partial charge on any atom is -0.462 e. The van der Waals surface area contributed by atoms with Crippen molar-refractivity contribution in [3.05, 3.63) is 78.1 Å². The monoisotopic (exact) mass is 357 g/mol. The molecule has 2 aromatic heterocycles. The Bertz CT molecular complexity index is 1100. The third-order valence-electron chi connectivity index (χ3n) is 4.43. The Hall–Kier alpha value is -3.47. The predicted octanol–water partition coefficient (Wildman–Crippen LogP) is 4.55. The molecule has 0 amide bonds. The number of rotatable bonds is 4. The fraction of sp³-hybridized carbons (Fsp3) is 0.136. The number of aryl methyl sites for hydroxylation is 1. The second kappa shape index (κ2) is 7.03. The van der Waals surface area contributed by atoms with E-state index in [4.69, 9.17) is 4.74 Å². The largest absolute Gasteiger partial charge is 0.462 e. The molecule has 0 atom stereocenters. The zero-order chi connectivity index (χ0) is 18.8. The summed E-state index contributed by atoms with van der Waals surface area (Å²) in [6.07, 6.45) is 3.36. The van der Waals surface area contributed by atoms with Crippen molar-refractivity contribution in [1.82, 2.24) is 14.6 Å². The van der Waals surface area contributed by atoms with Crippen molar-refractivity contribution in [1.29, 1.82) is 0 Å². The molecule has 0 fully saturated rings. The highest BCUT2D eigenvalue weighted by molar-refractivity contribution is 5.97. The van der Waals surface area contributed by atoms with Gasteiger partial charge in [-0.05, 0) is 19.4 Å². The average Bonchev–Trinajstić information content (AvgIpc) is 3.13. The van der Waals surface area contributed by atoms with E-state index in [1.807, 2.05) is 61.5 Å². The molecule has 0 saturated heterocycles. The van der Waals surface area contributed by atoms with Crippen LogP contribution in [-0.2, 0) is 4.74 Å². The summed E-state index contributed by atoms with van der Waals surface area (Å²) < 4.78 is 6.96. The molecule has 0 aliphatic carbocycles. The number of carbonyl (C=O) groups excluding carboxylic acids is 1. The Balaban J connectivity index is 1.98. The summed E-state index contributed by atoms with van der Waals surface area (Å²) in [5, 5.41) is 4.54. The molecule has 2 aromatic carbocycles. The number of esters is 1. The van der Waals surface area contributed by atoms with E-state index in [1.54, 1.807) is 23.8 Å². The smallest absolute Gasteiger partial charge is 0.341 e. The molecule has 0 N–H and O–H groups in total. The van der Waals surface area contributed by atoms with E-state index in [0.29, 0.717) is 23.5 Å². The van der Waals surface area contributed by atoms with E-state index in [9.17, 15) is 4.79 Å². The highest BCUT2D eigenvalue weighted by Crippen LogP contribution is 2.29. The van der Waals surface area contributed by atoms with E-state index in [0.717, 1.165) is 22.3 Å². The Morgan fingerprint density at radius 3 is 2.44 bits per heavy atom. The Morgan fingerprint density at radius 2 is 1.74 bits per heavy atom. The van der Waals surface area contributed by atoms with E-state index in [-0.39, 0.29) is 0 Å². The predicted molar refractivity (Wildman–Crippen MR) is 105 cm³/mol. The lowest BCUT2D eigenvalue weighted by Gasteiger charge is -2.11. The summed E-state index contributed by atoms with van der Waals surface area (Å²) in [5.74, 6) is -0.403. The fourth-order valence-corrected chi connectivity index (χ4v) is 3.10. The van der Waals surface area contributed by atoms with Crippen LogP contribution in [0.3, 0.4) is 0 Å². The van der Waals surface area contributed by atoms with E-state index >= 15 is 0 Å². The van der Waals surface area contributed by atoms with Crippen molar-refractivity contribution in [2.45, 2.75) is 13.8 Å². The van der Waals surface area contributed by atoms with Crippen LogP contribution in [0.4, 0.5) is 0 Å². The normalized spacial score (nSPS) is 10.9. The quantitative estimate of drug-likeness (QED) is 0.503. The lowest BCUT2D eigenvalue weighted by Crippen LogP contribution is -2.11. The molecule has 27 heavy (non-hydrogen) atoms. The van der Waals surface area contributed by atoms with Crippen LogP contribution in [0.5, 0.6) is 0 Å². The van der Waals surface area contributed by atoms with Crippen LogP contribution in [0.2, 0.25) is 0 Å². The molecule has 2 heterocycles. The van der Waals surface area contributed by atoms with Crippen LogP contribution in [0.15, 0.2) is 67.0 Å². The summed E-state index contributed by atoms with van der Waals surface area (Å²) in [4.78, 5) is 17.0. The number of hydrogen-bond acceptors (Lipinski definition) is 4. The Labute approximate surface area is 157 Å². The van der Waals surface area contributed by atoms with Crippen LogP contribution in [0.1, 0.15) is 22.8 Å². The minimum absolute atomic E-state index is 0.304. The van der Waals surface area contributed by atoms with Gasteiger partial charge in [-0.1, -0.05) is 60.2 Å². The molecule has 0 unspecified atom stereocenters. The molecule has 0 bridgehead atoms. The molecule has 0 aliphatic rings. The van der Waals surface area contributed by atoms with Gasteiger partial charge in [0.1, 0.15) is 5.56 Å². The molecular formula is C22H19N3O2. The van der Waals surface area contributed by atoms with Crippen LogP contribution in [-0.4, -0.2) is 27.2 Å². The van der Waals surface area contributed by atoms with Crippen molar-refractivity contribution in [3.63, 3.8) is 0 Å². The van der Waals surface area contributed by atoms with Gasteiger partial charge in [0.15, 0.2) is 5.65 Å². The van der Waals surface area contributed by atoms with Crippen molar-refractivity contribution in [3.8, 4) is 22.4 Å². The summed E-state index contributed by atoms with van der Waals surface area (Å²) >= 11 is 0. The highest BCUT2D eigenvalue weighted by atomic mass is 16.5. The first-order valence-corrected chi connectivity index (χ1v) is 8.85. The zero-order valence-corrected chi connectivity index (χ0v) is 15.2. The molecule has 0 radical (unpaired) electrons. The topological polar surface area (TPSA) is 56.5 Å². The second-order valence-corrected chi connectivity index (χ2v) is 6.27. The van der Waals surface area contributed by atoms with Gasteiger partial charge in [0.25, 0.3) is 0 Å². The van der Waals surface area contributed by atoms with Gasteiger partial charge in [-0.15, -0.1) is 0 Å². The summed E-state index contributed by atoms with van der Waals surface area (Å²) in [6.45, 7) is 4.12. The number of carbonyl (C=O) groups is 1. The third kappa shape index (κ3) is 3.08. The van der Waals surface area contributed by atoms with Crippen LogP contribution in [0.25, 0.3) is 28.0 Å². The standard InChI is InChI=1S/C22H19N3O2/c1-3-27-22(26)19-13-23-21-18(16-7-5-4-6-8-16)14-24-25(21)20(19)17-11-9-15(2)10-12-17/h4-14H,3H2,1-2H3. The minimum atomic E-state index is -0.403. The number of hydrogen-bond donors (Lipinski definition) is 0. The molecular weight excluding hydrogens is 338 g/mol. The molecule has 5 heteroatoms. The summed E-state index contributed by atoms with van der Waals surface area (Å²) in [5.41, 5.74) is 5.76. The lowest BCUT2D eigenvalue weighted by molar-refractivity contribution is 0.0526. The van der Waals surface area contributed by atoms with Crippen molar-refractivity contribution >= 4 is 11.6 Å². The van der Waals surface area contributed by atoms with Gasteiger partial charge in [0, 0.05) is 17.3 Å². The van der Waals surface area contributed by atoms with Gasteiger partial charge in [0.05, 0.1) is 18.5 Å². The van der Waals surface area contributed by atoms with Gasteiger partial charge in [-0.3, -0.25) is 0 Å². The highest BCUT2D eigenvalue weighted by Gasteiger charge is 2.21. The first-order valence-electron chi connectivity index (χ1n) is 8.85. The maximum atomic E-state index is 12.5. The summed E-state index contributed by atoms with van der Waals surface area (Å²) in [7, 11) is 0. The molecule has 4 rings (SSSR count). The molecule has 0 aliphatic heterocycles.